The largest absolute Gasteiger partial charge is 0.300 e. The molecule has 0 unspecified atom stereocenters. The van der Waals surface area contributed by atoms with Crippen LogP contribution in [0.25, 0.3) is 0 Å². The summed E-state index contributed by atoms with van der Waals surface area (Å²) in [6, 6.07) is 7.41. The smallest absolute Gasteiger partial charge is 0.211 e. The molecule has 0 N–H and O–H groups in total. The third-order valence-corrected chi connectivity index (χ3v) is 5.98. The van der Waals surface area contributed by atoms with Gasteiger partial charge in [0.05, 0.1) is 12.2 Å². The van der Waals surface area contributed by atoms with Crippen molar-refractivity contribution in [2.45, 2.75) is 19.8 Å². The highest BCUT2D eigenvalue weighted by atomic mass is 35.5. The Morgan fingerprint density at radius 2 is 1.67 bits per heavy atom. The Balaban J connectivity index is 2.09. The van der Waals surface area contributed by atoms with Gasteiger partial charge in [-0.1, -0.05) is 37.6 Å². The maximum Gasteiger partial charge on any atom is 0.211 e. The van der Waals surface area contributed by atoms with Crippen molar-refractivity contribution in [2.75, 3.05) is 39.0 Å². The van der Waals surface area contributed by atoms with Crippen LogP contribution in [0.2, 0.25) is 5.02 Å². The van der Waals surface area contributed by atoms with E-state index in [2.05, 4.69) is 4.90 Å². The number of carbonyl (C=O) groups excluding carboxylic acids is 1. The van der Waals surface area contributed by atoms with Gasteiger partial charge in [0, 0.05) is 43.7 Å². The van der Waals surface area contributed by atoms with E-state index in [9.17, 15) is 13.2 Å². The van der Waals surface area contributed by atoms with Crippen LogP contribution in [-0.2, 0) is 14.8 Å². The van der Waals surface area contributed by atoms with Gasteiger partial charge in [0.2, 0.25) is 10.0 Å². The number of sulfonamides is 1. The van der Waals surface area contributed by atoms with E-state index in [4.69, 9.17) is 11.6 Å². The Morgan fingerprint density at radius 3 is 2.12 bits per heavy atom. The van der Waals surface area contributed by atoms with Gasteiger partial charge in [-0.05, 0) is 17.7 Å². The second-order valence-electron chi connectivity index (χ2n) is 6.62. The molecular weight excluding hydrogens is 348 g/mol. The second-order valence-corrected chi connectivity index (χ2v) is 9.04. The zero-order chi connectivity index (χ0) is 17.9. The fraction of sp³-hybridized carbons (Fsp3) is 0.588. The molecule has 7 heteroatoms. The van der Waals surface area contributed by atoms with E-state index in [1.807, 2.05) is 26.0 Å². The first-order chi connectivity index (χ1) is 11.2. The normalized spacial score (nSPS) is 18.7. The number of rotatable bonds is 6. The van der Waals surface area contributed by atoms with Crippen molar-refractivity contribution in [1.29, 1.82) is 0 Å². The minimum atomic E-state index is -3.14. The van der Waals surface area contributed by atoms with Crippen LogP contribution in [0.1, 0.15) is 25.3 Å². The highest BCUT2D eigenvalue weighted by Gasteiger charge is 2.29. The molecule has 0 aromatic heterocycles. The summed E-state index contributed by atoms with van der Waals surface area (Å²) in [6.07, 6.45) is 1.24. The molecule has 2 rings (SSSR count). The number of nitrogens with zero attached hydrogens (tertiary/aromatic N) is 2. The number of benzene rings is 1. The van der Waals surface area contributed by atoms with Crippen LogP contribution in [0.5, 0.6) is 0 Å². The average Bonchev–Trinajstić information content (AvgIpc) is 2.52. The molecule has 0 amide bonds. The molecule has 0 saturated carbocycles. The van der Waals surface area contributed by atoms with E-state index in [1.54, 1.807) is 12.1 Å². The van der Waals surface area contributed by atoms with Crippen LogP contribution in [0, 0.1) is 5.92 Å². The first kappa shape index (κ1) is 19.4. The minimum absolute atomic E-state index is 0.0528. The third-order valence-electron chi connectivity index (χ3n) is 4.43. The van der Waals surface area contributed by atoms with Gasteiger partial charge in [0.1, 0.15) is 5.78 Å². The van der Waals surface area contributed by atoms with Crippen LogP contribution in [-0.4, -0.2) is 62.4 Å². The van der Waals surface area contributed by atoms with Gasteiger partial charge in [-0.3, -0.25) is 9.69 Å². The summed E-state index contributed by atoms with van der Waals surface area (Å²) in [5.74, 6) is -0.0714. The molecule has 1 fully saturated rings. The molecule has 1 aliphatic heterocycles. The molecule has 0 bridgehead atoms. The SMILES string of the molecule is CC(C)C(=O)[C@@H](CN1CCN(S(C)(=O)=O)CC1)c1ccc(Cl)cc1. The number of piperazine rings is 1. The van der Waals surface area contributed by atoms with Crippen LogP contribution in [0.3, 0.4) is 0 Å². The summed E-state index contributed by atoms with van der Waals surface area (Å²) >= 11 is 5.95. The second kappa shape index (κ2) is 7.95. The number of ketones is 1. The topological polar surface area (TPSA) is 57.7 Å². The first-order valence-electron chi connectivity index (χ1n) is 8.15. The van der Waals surface area contributed by atoms with Crippen molar-refractivity contribution >= 4 is 27.4 Å². The Bertz CT molecular complexity index is 666. The summed E-state index contributed by atoms with van der Waals surface area (Å²) in [6.45, 7) is 6.66. The van der Waals surface area contributed by atoms with E-state index >= 15 is 0 Å². The van der Waals surface area contributed by atoms with Crippen LogP contribution in [0.15, 0.2) is 24.3 Å². The van der Waals surface area contributed by atoms with Crippen LogP contribution >= 0.6 is 11.6 Å². The molecule has 1 saturated heterocycles. The Morgan fingerprint density at radius 1 is 1.12 bits per heavy atom. The summed E-state index contributed by atoms with van der Waals surface area (Å²) < 4.78 is 24.7. The van der Waals surface area contributed by atoms with Crippen molar-refractivity contribution < 1.29 is 13.2 Å². The molecular formula is C17H25ClN2O3S. The lowest BCUT2D eigenvalue weighted by molar-refractivity contribution is -0.123. The van der Waals surface area contributed by atoms with Crippen molar-refractivity contribution in [3.8, 4) is 0 Å². The van der Waals surface area contributed by atoms with E-state index < -0.39 is 10.0 Å². The molecule has 5 nitrogen and oxygen atoms in total. The van der Waals surface area contributed by atoms with Crippen LogP contribution in [0.4, 0.5) is 0 Å². The lowest BCUT2D eigenvalue weighted by atomic mass is 9.88. The molecule has 1 aromatic carbocycles. The van der Waals surface area contributed by atoms with Gasteiger partial charge in [-0.25, -0.2) is 8.42 Å². The van der Waals surface area contributed by atoms with Gasteiger partial charge < -0.3 is 0 Å². The number of hydrogen-bond donors (Lipinski definition) is 0. The Kier molecular flexibility index (Phi) is 6.42. The number of hydrogen-bond acceptors (Lipinski definition) is 4. The highest BCUT2D eigenvalue weighted by Crippen LogP contribution is 2.24. The van der Waals surface area contributed by atoms with Gasteiger partial charge in [-0.15, -0.1) is 0 Å². The number of Topliss-reactive ketones (excluding diaryl/α,β-unsaturated/α-hetero) is 1. The zero-order valence-electron chi connectivity index (χ0n) is 14.4. The van der Waals surface area contributed by atoms with E-state index in [0.29, 0.717) is 37.7 Å². The fourth-order valence-electron chi connectivity index (χ4n) is 2.96. The zero-order valence-corrected chi connectivity index (χ0v) is 16.0. The molecule has 0 radical (unpaired) electrons. The minimum Gasteiger partial charge on any atom is -0.300 e. The number of halogens is 1. The summed E-state index contributed by atoms with van der Waals surface area (Å²) in [5, 5.41) is 0.649. The third kappa shape index (κ3) is 5.02. The molecule has 1 aromatic rings. The monoisotopic (exact) mass is 372 g/mol. The van der Waals surface area contributed by atoms with Crippen molar-refractivity contribution in [1.82, 2.24) is 9.21 Å². The van der Waals surface area contributed by atoms with Gasteiger partial charge >= 0.3 is 0 Å². The molecule has 0 aliphatic carbocycles. The molecule has 24 heavy (non-hydrogen) atoms. The van der Waals surface area contributed by atoms with E-state index in [1.165, 1.54) is 10.6 Å². The summed E-state index contributed by atoms with van der Waals surface area (Å²) in [7, 11) is -3.14. The summed E-state index contributed by atoms with van der Waals surface area (Å²) in [4.78, 5) is 14.8. The number of carbonyl (C=O) groups is 1. The average molecular weight is 373 g/mol. The maximum absolute atomic E-state index is 12.7. The fourth-order valence-corrected chi connectivity index (χ4v) is 3.91. The first-order valence-corrected chi connectivity index (χ1v) is 10.4. The van der Waals surface area contributed by atoms with Crippen molar-refractivity contribution in [3.05, 3.63) is 34.9 Å². The standard InChI is InChI=1S/C17H25ClN2O3S/c1-13(2)17(21)16(14-4-6-15(18)7-5-14)12-19-8-10-20(11-9-19)24(3,22)23/h4-7,13,16H,8-12H2,1-3H3/t16-/m0/s1. The quantitative estimate of drug-likeness (QED) is 0.768. The molecule has 1 aliphatic rings. The molecule has 0 spiro atoms. The Hall–Kier alpha value is -0.950. The lowest BCUT2D eigenvalue weighted by Crippen LogP contribution is -2.49. The van der Waals surface area contributed by atoms with E-state index in [-0.39, 0.29) is 17.6 Å². The van der Waals surface area contributed by atoms with Crippen LogP contribution < -0.4 is 0 Å². The van der Waals surface area contributed by atoms with Crippen molar-refractivity contribution in [2.24, 2.45) is 5.92 Å². The predicted molar refractivity (Wildman–Crippen MR) is 96.9 cm³/mol. The van der Waals surface area contributed by atoms with E-state index in [0.717, 1.165) is 5.56 Å². The predicted octanol–water partition coefficient (Wildman–Crippen LogP) is 2.23. The highest BCUT2D eigenvalue weighted by molar-refractivity contribution is 7.88. The van der Waals surface area contributed by atoms with Gasteiger partial charge in [0.15, 0.2) is 0 Å². The van der Waals surface area contributed by atoms with Crippen molar-refractivity contribution in [3.63, 3.8) is 0 Å². The maximum atomic E-state index is 12.7. The molecule has 1 heterocycles. The summed E-state index contributed by atoms with van der Waals surface area (Å²) in [5.41, 5.74) is 0.962. The molecule has 134 valence electrons. The molecule has 1 atom stereocenters. The van der Waals surface area contributed by atoms with Gasteiger partial charge in [0.25, 0.3) is 0 Å². The Labute approximate surface area is 149 Å². The lowest BCUT2D eigenvalue weighted by Gasteiger charge is -2.35. The van der Waals surface area contributed by atoms with Gasteiger partial charge in [-0.2, -0.15) is 4.31 Å².